The van der Waals surface area contributed by atoms with E-state index in [2.05, 4.69) is 41.2 Å². The highest BCUT2D eigenvalue weighted by atomic mass is 32.2. The molecule has 4 nitrogen and oxygen atoms in total. The van der Waals surface area contributed by atoms with Gasteiger partial charge in [-0.1, -0.05) is 42.0 Å². The van der Waals surface area contributed by atoms with Gasteiger partial charge >= 0.3 is 0 Å². The molecule has 2 heterocycles. The molecule has 134 valence electrons. The van der Waals surface area contributed by atoms with Crippen molar-refractivity contribution in [2.24, 2.45) is 0 Å². The first-order valence-corrected chi connectivity index (χ1v) is 10.2. The van der Waals surface area contributed by atoms with Crippen molar-refractivity contribution in [3.05, 3.63) is 78.6 Å². The van der Waals surface area contributed by atoms with E-state index in [1.807, 2.05) is 36.4 Å². The van der Waals surface area contributed by atoms with E-state index in [1.165, 1.54) is 5.56 Å². The number of rotatable bonds is 4. The fraction of sp³-hybridized carbons (Fsp3) is 0.0909. The maximum atomic E-state index is 11.6. The van der Waals surface area contributed by atoms with E-state index in [4.69, 9.17) is 4.98 Å². The predicted octanol–water partition coefficient (Wildman–Crippen LogP) is 4.85. The number of nitrogens with one attached hydrogen (secondary N) is 1. The lowest BCUT2D eigenvalue weighted by molar-refractivity contribution is 0.687. The molecular formula is C22H19N3OS. The number of imidazole rings is 1. The third-order valence-corrected chi connectivity index (χ3v) is 5.39. The Hall–Kier alpha value is -3.05. The molecule has 0 saturated heterocycles. The SMILES string of the molecule is Cc1ccc(-c2nc(-c3ccc(S(C)=O)cc3)[nH]c2-c2ccncc2)cc1. The molecule has 2 aromatic carbocycles. The van der Waals surface area contributed by atoms with Crippen molar-refractivity contribution in [3.63, 3.8) is 0 Å². The smallest absolute Gasteiger partial charge is 0.138 e. The Labute approximate surface area is 160 Å². The number of H-pyrrole nitrogens is 1. The summed E-state index contributed by atoms with van der Waals surface area (Å²) in [6, 6.07) is 20.0. The second-order valence-corrected chi connectivity index (χ2v) is 7.77. The molecule has 0 aliphatic rings. The molecule has 5 heteroatoms. The molecule has 4 rings (SSSR count). The summed E-state index contributed by atoms with van der Waals surface area (Å²) in [5, 5.41) is 0. The van der Waals surface area contributed by atoms with Gasteiger partial charge in [-0.05, 0) is 31.2 Å². The quantitative estimate of drug-likeness (QED) is 0.556. The summed E-state index contributed by atoms with van der Waals surface area (Å²) in [6.45, 7) is 2.07. The Morgan fingerprint density at radius 2 is 1.44 bits per heavy atom. The summed E-state index contributed by atoms with van der Waals surface area (Å²) in [5.41, 5.74) is 6.12. The minimum Gasteiger partial charge on any atom is -0.337 e. The lowest BCUT2D eigenvalue weighted by atomic mass is 10.0. The van der Waals surface area contributed by atoms with Crippen molar-refractivity contribution < 1.29 is 4.21 Å². The summed E-state index contributed by atoms with van der Waals surface area (Å²) >= 11 is 0. The van der Waals surface area contributed by atoms with Crippen LogP contribution in [0, 0.1) is 6.92 Å². The normalized spacial score (nSPS) is 12.1. The Morgan fingerprint density at radius 3 is 2.07 bits per heavy atom. The van der Waals surface area contributed by atoms with Crippen LogP contribution >= 0.6 is 0 Å². The first-order valence-electron chi connectivity index (χ1n) is 8.63. The highest BCUT2D eigenvalue weighted by molar-refractivity contribution is 7.84. The van der Waals surface area contributed by atoms with Gasteiger partial charge < -0.3 is 4.98 Å². The van der Waals surface area contributed by atoms with Gasteiger partial charge in [0.1, 0.15) is 5.82 Å². The van der Waals surface area contributed by atoms with Gasteiger partial charge in [0.05, 0.1) is 11.4 Å². The van der Waals surface area contributed by atoms with E-state index >= 15 is 0 Å². The molecular weight excluding hydrogens is 354 g/mol. The van der Waals surface area contributed by atoms with Gasteiger partial charge in [0.15, 0.2) is 0 Å². The van der Waals surface area contributed by atoms with Gasteiger partial charge in [0, 0.05) is 51.0 Å². The molecule has 0 fully saturated rings. The van der Waals surface area contributed by atoms with Gasteiger partial charge in [0.2, 0.25) is 0 Å². The number of benzene rings is 2. The fourth-order valence-electron chi connectivity index (χ4n) is 2.96. The summed E-state index contributed by atoms with van der Waals surface area (Å²) in [5.74, 6) is 0.783. The molecule has 0 radical (unpaired) electrons. The zero-order valence-corrected chi connectivity index (χ0v) is 16.0. The zero-order valence-electron chi connectivity index (χ0n) is 15.1. The number of hydrogen-bond donors (Lipinski definition) is 1. The standard InChI is InChI=1S/C22H19N3OS/c1-15-3-5-16(6-4-15)20-21(17-11-13-23-14-12-17)25-22(24-20)18-7-9-19(10-8-18)27(2)26/h3-14H,1-2H3,(H,24,25). The molecule has 1 unspecified atom stereocenters. The average Bonchev–Trinajstić information content (AvgIpc) is 3.15. The minimum atomic E-state index is -0.992. The van der Waals surface area contributed by atoms with Crippen LogP contribution in [0.5, 0.6) is 0 Å². The van der Waals surface area contributed by atoms with Crippen molar-refractivity contribution >= 4 is 10.8 Å². The van der Waals surface area contributed by atoms with Crippen LogP contribution < -0.4 is 0 Å². The molecule has 0 spiro atoms. The maximum absolute atomic E-state index is 11.6. The molecule has 0 aliphatic carbocycles. The highest BCUT2D eigenvalue weighted by Crippen LogP contribution is 2.33. The second-order valence-electron chi connectivity index (χ2n) is 6.39. The van der Waals surface area contributed by atoms with E-state index in [9.17, 15) is 4.21 Å². The van der Waals surface area contributed by atoms with E-state index in [-0.39, 0.29) is 0 Å². The Balaban J connectivity index is 1.84. The Bertz CT molecular complexity index is 1080. The van der Waals surface area contributed by atoms with Crippen LogP contribution in [0.2, 0.25) is 0 Å². The number of aromatic nitrogens is 3. The van der Waals surface area contributed by atoms with Crippen LogP contribution in [-0.2, 0) is 10.8 Å². The van der Waals surface area contributed by atoms with Crippen LogP contribution in [-0.4, -0.2) is 25.4 Å². The van der Waals surface area contributed by atoms with Gasteiger partial charge in [0.25, 0.3) is 0 Å². The number of pyridine rings is 1. The zero-order chi connectivity index (χ0) is 18.8. The summed E-state index contributed by atoms with van der Waals surface area (Å²) in [7, 11) is -0.992. The topological polar surface area (TPSA) is 58.6 Å². The van der Waals surface area contributed by atoms with Crippen LogP contribution in [0.3, 0.4) is 0 Å². The largest absolute Gasteiger partial charge is 0.337 e. The van der Waals surface area contributed by atoms with Crippen LogP contribution in [0.15, 0.2) is 78.0 Å². The molecule has 2 aromatic heterocycles. The maximum Gasteiger partial charge on any atom is 0.138 e. The molecule has 1 N–H and O–H groups in total. The number of aromatic amines is 1. The summed E-state index contributed by atoms with van der Waals surface area (Å²) in [6.07, 6.45) is 5.24. The number of hydrogen-bond acceptors (Lipinski definition) is 3. The third-order valence-electron chi connectivity index (χ3n) is 4.46. The lowest BCUT2D eigenvalue weighted by Crippen LogP contribution is -1.87. The van der Waals surface area contributed by atoms with Gasteiger partial charge in [-0.2, -0.15) is 0 Å². The predicted molar refractivity (Wildman–Crippen MR) is 110 cm³/mol. The average molecular weight is 373 g/mol. The second kappa shape index (κ2) is 7.29. The van der Waals surface area contributed by atoms with Gasteiger partial charge in [-0.25, -0.2) is 4.98 Å². The Kier molecular flexibility index (Phi) is 4.69. The van der Waals surface area contributed by atoms with E-state index in [0.29, 0.717) is 0 Å². The van der Waals surface area contributed by atoms with Gasteiger partial charge in [-0.15, -0.1) is 0 Å². The summed E-state index contributed by atoms with van der Waals surface area (Å²) in [4.78, 5) is 13.3. The van der Waals surface area contributed by atoms with Crippen molar-refractivity contribution in [1.29, 1.82) is 0 Å². The molecule has 4 aromatic rings. The first kappa shape index (κ1) is 17.4. The third kappa shape index (κ3) is 3.59. The van der Waals surface area contributed by atoms with Crippen molar-refractivity contribution in [3.8, 4) is 33.9 Å². The van der Waals surface area contributed by atoms with Crippen molar-refractivity contribution in [2.75, 3.05) is 6.26 Å². The molecule has 27 heavy (non-hydrogen) atoms. The minimum absolute atomic E-state index is 0.783. The van der Waals surface area contributed by atoms with Crippen molar-refractivity contribution in [1.82, 2.24) is 15.0 Å². The Morgan fingerprint density at radius 1 is 0.815 bits per heavy atom. The van der Waals surface area contributed by atoms with Gasteiger partial charge in [-0.3, -0.25) is 9.19 Å². The van der Waals surface area contributed by atoms with Crippen LogP contribution in [0.4, 0.5) is 0 Å². The first-order chi connectivity index (χ1) is 13.1. The summed E-state index contributed by atoms with van der Waals surface area (Å²) < 4.78 is 11.6. The molecule has 1 atom stereocenters. The van der Waals surface area contributed by atoms with Crippen LogP contribution in [0.25, 0.3) is 33.9 Å². The van der Waals surface area contributed by atoms with Crippen LogP contribution in [0.1, 0.15) is 5.56 Å². The molecule has 0 aliphatic heterocycles. The van der Waals surface area contributed by atoms with Crippen molar-refractivity contribution in [2.45, 2.75) is 11.8 Å². The van der Waals surface area contributed by atoms with E-state index in [0.717, 1.165) is 38.8 Å². The van der Waals surface area contributed by atoms with E-state index < -0.39 is 10.8 Å². The number of nitrogens with zero attached hydrogens (tertiary/aromatic N) is 2. The molecule has 0 saturated carbocycles. The van der Waals surface area contributed by atoms with E-state index in [1.54, 1.807) is 18.6 Å². The fourth-order valence-corrected chi connectivity index (χ4v) is 3.48. The lowest BCUT2D eigenvalue weighted by Gasteiger charge is -2.03. The monoisotopic (exact) mass is 373 g/mol. The highest BCUT2D eigenvalue weighted by Gasteiger charge is 2.15. The number of aryl methyl sites for hydroxylation is 1. The molecule has 0 bridgehead atoms. The molecule has 0 amide bonds.